The normalized spacial score (nSPS) is 12.4. The molecule has 0 unspecified atom stereocenters. The van der Waals surface area contributed by atoms with E-state index in [0.717, 1.165) is 6.26 Å². The topological polar surface area (TPSA) is 108 Å². The van der Waals surface area contributed by atoms with Gasteiger partial charge in [0.05, 0.1) is 11.5 Å². The van der Waals surface area contributed by atoms with Crippen LogP contribution in [-0.2, 0) is 14.6 Å². The molecule has 0 aliphatic rings. The molecule has 0 saturated heterocycles. The third-order valence-electron chi connectivity index (χ3n) is 4.36. The lowest BCUT2D eigenvalue weighted by atomic mass is 10.1. The van der Waals surface area contributed by atoms with Gasteiger partial charge in [0.25, 0.3) is 5.56 Å². The number of benzene rings is 2. The van der Waals surface area contributed by atoms with Crippen LogP contribution in [-0.4, -0.2) is 44.5 Å². The Balaban J connectivity index is 1.97. The third kappa shape index (κ3) is 5.93. The number of methoxy groups -OCH3 is 1. The molecule has 0 spiro atoms. The first kappa shape index (κ1) is 22.5. The maximum absolute atomic E-state index is 12.0. The van der Waals surface area contributed by atoms with Crippen LogP contribution in [0.4, 0.5) is 0 Å². The Morgan fingerprint density at radius 3 is 2.35 bits per heavy atom. The van der Waals surface area contributed by atoms with E-state index in [2.05, 4.69) is 9.97 Å². The summed E-state index contributed by atoms with van der Waals surface area (Å²) in [5.41, 5.74) is 0.872. The van der Waals surface area contributed by atoms with Crippen molar-refractivity contribution in [2.45, 2.75) is 24.8 Å². The number of aromatic amines is 1. The molecule has 0 radical (unpaired) electrons. The molecule has 1 aromatic heterocycles. The van der Waals surface area contributed by atoms with Crippen molar-refractivity contribution >= 4 is 9.84 Å². The van der Waals surface area contributed by atoms with E-state index in [1.54, 1.807) is 44.4 Å². The summed E-state index contributed by atoms with van der Waals surface area (Å²) in [6, 6.07) is 11.3. The fraction of sp³-hybridized carbons (Fsp3) is 0.273. The molecule has 3 aromatic rings. The van der Waals surface area contributed by atoms with Crippen LogP contribution in [0.5, 0.6) is 17.2 Å². The van der Waals surface area contributed by atoms with Crippen molar-refractivity contribution in [3.05, 3.63) is 64.6 Å². The molecule has 9 heteroatoms. The molecular formula is C22H24N2O6S. The molecule has 0 fully saturated rings. The van der Waals surface area contributed by atoms with Gasteiger partial charge >= 0.3 is 0 Å². The zero-order valence-corrected chi connectivity index (χ0v) is 18.5. The number of aromatic nitrogens is 2. The van der Waals surface area contributed by atoms with Gasteiger partial charge in [0.15, 0.2) is 9.84 Å². The Bertz CT molecular complexity index is 1220. The monoisotopic (exact) mass is 444 g/mol. The molecule has 0 aliphatic carbocycles. The predicted molar refractivity (Wildman–Crippen MR) is 117 cm³/mol. The minimum atomic E-state index is -3.30. The maximum Gasteiger partial charge on any atom is 0.254 e. The summed E-state index contributed by atoms with van der Waals surface area (Å²) in [6.45, 7) is 3.94. The Kier molecular flexibility index (Phi) is 6.77. The fourth-order valence-electron chi connectivity index (χ4n) is 2.83. The van der Waals surface area contributed by atoms with Gasteiger partial charge in [0.2, 0.25) is 0 Å². The van der Waals surface area contributed by atoms with E-state index in [4.69, 9.17) is 14.2 Å². The van der Waals surface area contributed by atoms with Crippen LogP contribution in [0.25, 0.3) is 11.4 Å². The van der Waals surface area contributed by atoms with Gasteiger partial charge in [-0.25, -0.2) is 13.4 Å². The first-order valence-electron chi connectivity index (χ1n) is 9.50. The highest BCUT2D eigenvalue weighted by atomic mass is 32.2. The number of hydrogen-bond donors (Lipinski definition) is 1. The second kappa shape index (κ2) is 9.32. The van der Waals surface area contributed by atoms with Crippen LogP contribution in [0.15, 0.2) is 58.4 Å². The lowest BCUT2D eigenvalue weighted by molar-refractivity contribution is 0.0920. The number of ether oxygens (including phenoxy) is 3. The molecular weight excluding hydrogens is 420 g/mol. The first-order chi connectivity index (χ1) is 14.7. The van der Waals surface area contributed by atoms with Crippen molar-refractivity contribution in [1.29, 1.82) is 0 Å². The summed E-state index contributed by atoms with van der Waals surface area (Å²) in [7, 11) is -1.71. The zero-order valence-electron chi connectivity index (χ0n) is 17.7. The van der Waals surface area contributed by atoms with E-state index in [-0.39, 0.29) is 16.6 Å². The van der Waals surface area contributed by atoms with Gasteiger partial charge in [-0.1, -0.05) is 0 Å². The zero-order chi connectivity index (χ0) is 22.6. The van der Waals surface area contributed by atoms with Gasteiger partial charge in [0.1, 0.15) is 29.2 Å². The fourth-order valence-corrected chi connectivity index (χ4v) is 3.46. The average molecular weight is 445 g/mol. The predicted octanol–water partition coefficient (Wildman–Crippen LogP) is 3.35. The highest BCUT2D eigenvalue weighted by Crippen LogP contribution is 2.32. The number of nitrogens with zero attached hydrogens (tertiary/aromatic N) is 1. The van der Waals surface area contributed by atoms with Gasteiger partial charge in [-0.15, -0.1) is 0 Å². The molecule has 2 aromatic carbocycles. The second-order valence-electron chi connectivity index (χ2n) is 7.17. The highest BCUT2D eigenvalue weighted by Gasteiger charge is 2.12. The minimum absolute atomic E-state index is 0.201. The Morgan fingerprint density at radius 2 is 1.74 bits per heavy atom. The van der Waals surface area contributed by atoms with Crippen LogP contribution < -0.4 is 15.0 Å². The number of sulfone groups is 1. The molecule has 1 atom stereocenters. The maximum atomic E-state index is 12.0. The van der Waals surface area contributed by atoms with Crippen LogP contribution in [0.2, 0.25) is 0 Å². The lowest BCUT2D eigenvalue weighted by Crippen LogP contribution is -2.18. The van der Waals surface area contributed by atoms with E-state index in [0.29, 0.717) is 40.8 Å². The molecule has 1 N–H and O–H groups in total. The molecule has 164 valence electrons. The lowest BCUT2D eigenvalue weighted by Gasteiger charge is -2.16. The number of hydrogen-bond acceptors (Lipinski definition) is 7. The van der Waals surface area contributed by atoms with Crippen LogP contribution in [0.3, 0.4) is 0 Å². The Hall–Kier alpha value is -3.17. The summed E-state index contributed by atoms with van der Waals surface area (Å²) in [5.74, 6) is 1.77. The van der Waals surface area contributed by atoms with E-state index < -0.39 is 9.84 Å². The summed E-state index contributed by atoms with van der Waals surface area (Å²) < 4.78 is 40.3. The number of rotatable bonds is 8. The van der Waals surface area contributed by atoms with Crippen molar-refractivity contribution in [2.75, 3.05) is 20.0 Å². The van der Waals surface area contributed by atoms with Gasteiger partial charge in [-0.2, -0.15) is 0 Å². The summed E-state index contributed by atoms with van der Waals surface area (Å²) in [4.78, 5) is 19.3. The van der Waals surface area contributed by atoms with E-state index in [1.165, 1.54) is 18.3 Å². The van der Waals surface area contributed by atoms with Crippen molar-refractivity contribution in [2.24, 2.45) is 0 Å². The van der Waals surface area contributed by atoms with Crippen LogP contribution in [0.1, 0.15) is 12.5 Å². The molecule has 1 heterocycles. The largest absolute Gasteiger partial charge is 0.488 e. The van der Waals surface area contributed by atoms with Gasteiger partial charge in [-0.05, 0) is 50.2 Å². The molecule has 8 nitrogen and oxygen atoms in total. The molecule has 0 bridgehead atoms. The Morgan fingerprint density at radius 1 is 1.06 bits per heavy atom. The molecule has 31 heavy (non-hydrogen) atoms. The van der Waals surface area contributed by atoms with E-state index in [9.17, 15) is 13.2 Å². The molecule has 0 amide bonds. The molecule has 0 aliphatic heterocycles. The van der Waals surface area contributed by atoms with Gasteiger partial charge in [-0.3, -0.25) is 4.79 Å². The first-order valence-corrected chi connectivity index (χ1v) is 11.4. The molecule has 3 rings (SSSR count). The molecule has 0 saturated carbocycles. The summed E-state index contributed by atoms with van der Waals surface area (Å²) in [6.07, 6.45) is 2.43. The van der Waals surface area contributed by atoms with Crippen molar-refractivity contribution in [3.8, 4) is 28.6 Å². The SMILES string of the molecule is COC[C@H](C)Oc1cc(Oc2ccc(S(C)(=O)=O)cc2)cc(-c2ncc(C)c(=O)[nH]2)c1. The van der Waals surface area contributed by atoms with Crippen molar-refractivity contribution in [3.63, 3.8) is 0 Å². The van der Waals surface area contributed by atoms with Crippen LogP contribution in [0, 0.1) is 6.92 Å². The Labute approximate surface area is 180 Å². The second-order valence-corrected chi connectivity index (χ2v) is 9.18. The van der Waals surface area contributed by atoms with Crippen molar-refractivity contribution < 1.29 is 22.6 Å². The van der Waals surface area contributed by atoms with Crippen LogP contribution >= 0.6 is 0 Å². The smallest absolute Gasteiger partial charge is 0.254 e. The quantitative estimate of drug-likeness (QED) is 0.568. The standard InChI is InChI=1S/C22H24N2O6S/c1-14-12-23-21(24-22(14)25)16-9-18(29-15(2)13-28-3)11-19(10-16)30-17-5-7-20(8-6-17)31(4,26)27/h5-12,15H,13H2,1-4H3,(H,23,24,25)/t15-/m0/s1. The average Bonchev–Trinajstić information content (AvgIpc) is 2.70. The highest BCUT2D eigenvalue weighted by molar-refractivity contribution is 7.90. The number of aryl methyl sites for hydroxylation is 1. The van der Waals surface area contributed by atoms with E-state index >= 15 is 0 Å². The van der Waals surface area contributed by atoms with Gasteiger partial charge < -0.3 is 19.2 Å². The number of H-pyrrole nitrogens is 1. The summed E-state index contributed by atoms with van der Waals surface area (Å²) >= 11 is 0. The number of nitrogens with one attached hydrogen (secondary N) is 1. The van der Waals surface area contributed by atoms with Crippen molar-refractivity contribution in [1.82, 2.24) is 9.97 Å². The summed E-state index contributed by atoms with van der Waals surface area (Å²) in [5, 5.41) is 0. The van der Waals surface area contributed by atoms with Gasteiger partial charge in [0, 0.05) is 36.8 Å². The minimum Gasteiger partial charge on any atom is -0.488 e. The van der Waals surface area contributed by atoms with E-state index in [1.807, 2.05) is 6.92 Å². The third-order valence-corrected chi connectivity index (χ3v) is 5.49.